The molecule has 0 amide bonds. The molecule has 0 aromatic heterocycles. The maximum absolute atomic E-state index is 4.95. The molecule has 0 aliphatic rings. The van der Waals surface area contributed by atoms with Crippen LogP contribution in [0.3, 0.4) is 0 Å². The average Bonchev–Trinajstić information content (AvgIpc) is 1.38. The average molecular weight is 86.1 g/mol. The summed E-state index contributed by atoms with van der Waals surface area (Å²) in [5, 5.41) is 0. The van der Waals surface area contributed by atoms with Gasteiger partial charge in [0.05, 0.1) is 0 Å². The van der Waals surface area contributed by atoms with E-state index in [0.717, 1.165) is 0 Å². The Bertz CT molecular complexity index is 49.2. The number of hydrogen-bond donors (Lipinski definition) is 0. The quantitative estimate of drug-likeness (QED) is 0.308. The molecule has 0 rings (SSSR count). The first kappa shape index (κ1) is 4.99. The summed E-state index contributed by atoms with van der Waals surface area (Å²) in [6.07, 6.45) is 4.95. The fraction of sp³-hybridized carbons (Fsp3) is 0.500. The van der Waals surface area contributed by atoms with Gasteiger partial charge in [-0.2, -0.15) is 0 Å². The lowest BCUT2D eigenvalue weighted by molar-refractivity contribution is 2.25. The summed E-state index contributed by atoms with van der Waals surface area (Å²) in [7, 11) is -0.0705. The Labute approximate surface area is 34.3 Å². The van der Waals surface area contributed by atoms with Gasteiger partial charge in [0.1, 0.15) is 0 Å². The van der Waals surface area contributed by atoms with E-state index in [0.29, 0.717) is 0 Å². The van der Waals surface area contributed by atoms with Gasteiger partial charge in [-0.05, 0) is 21.3 Å². The molecule has 0 N–H and O–H groups in total. The molecule has 0 aliphatic heterocycles. The molecule has 0 heterocycles. The molecule has 5 heavy (non-hydrogen) atoms. The summed E-state index contributed by atoms with van der Waals surface area (Å²) in [5.74, 6) is 0. The van der Waals surface area contributed by atoms with Crippen molar-refractivity contribution in [3.8, 4) is 12.1 Å². The highest BCUT2D eigenvalue weighted by Crippen LogP contribution is 2.19. The first-order valence-corrected chi connectivity index (χ1v) is 3.64. The van der Waals surface area contributed by atoms with Gasteiger partial charge in [0.2, 0.25) is 0 Å². The highest BCUT2D eigenvalue weighted by molar-refractivity contribution is 7.61. The second kappa shape index (κ2) is 2.24. The Balaban J connectivity index is 2.94. The first-order valence-electron chi connectivity index (χ1n) is 1.41. The van der Waals surface area contributed by atoms with Crippen LogP contribution in [0.2, 0.25) is 0 Å². The molecule has 0 bridgehead atoms. The van der Waals surface area contributed by atoms with Crippen molar-refractivity contribution in [2.24, 2.45) is 0 Å². The van der Waals surface area contributed by atoms with E-state index in [-0.39, 0.29) is 7.92 Å². The SMILES string of the molecule is C#CP(C)C. The summed E-state index contributed by atoms with van der Waals surface area (Å²) >= 11 is 0. The molecule has 1 heteroatoms. The lowest BCUT2D eigenvalue weighted by atomic mass is 11.4. The second-order valence-electron chi connectivity index (χ2n) is 1.02. The third-order valence-electron chi connectivity index (χ3n) is 0.258. The van der Waals surface area contributed by atoms with Crippen LogP contribution >= 0.6 is 7.92 Å². The molecule has 0 atom stereocenters. The molecule has 0 nitrogen and oxygen atoms in total. The third kappa shape index (κ3) is 3.99. The fourth-order valence-electron chi connectivity index (χ4n) is 0. The van der Waals surface area contributed by atoms with E-state index in [1.54, 1.807) is 0 Å². The lowest BCUT2D eigenvalue weighted by Gasteiger charge is -1.81. The van der Waals surface area contributed by atoms with Crippen LogP contribution in [0.4, 0.5) is 0 Å². The van der Waals surface area contributed by atoms with Gasteiger partial charge in [0.15, 0.2) is 0 Å². The standard InChI is InChI=1S/C4H7P/c1-4-5(2)3/h1H,2-3H3. The van der Waals surface area contributed by atoms with Crippen molar-refractivity contribution < 1.29 is 0 Å². The van der Waals surface area contributed by atoms with Gasteiger partial charge in [-0.15, -0.1) is 6.42 Å². The Morgan fingerprint density at radius 2 is 1.80 bits per heavy atom. The van der Waals surface area contributed by atoms with Crippen LogP contribution in [0.15, 0.2) is 0 Å². The van der Waals surface area contributed by atoms with Gasteiger partial charge >= 0.3 is 0 Å². The topological polar surface area (TPSA) is 0 Å². The molecule has 0 aromatic rings. The molecule has 0 unspecified atom stereocenters. The molecule has 28 valence electrons. The number of terminal acetylenes is 1. The maximum Gasteiger partial charge on any atom is -0.0335 e. The van der Waals surface area contributed by atoms with Gasteiger partial charge in [0, 0.05) is 0 Å². The zero-order valence-electron chi connectivity index (χ0n) is 3.52. The summed E-state index contributed by atoms with van der Waals surface area (Å²) in [6, 6.07) is 0. The van der Waals surface area contributed by atoms with Crippen LogP contribution in [-0.2, 0) is 0 Å². The first-order chi connectivity index (χ1) is 2.27. The van der Waals surface area contributed by atoms with Crippen LogP contribution in [-0.4, -0.2) is 13.3 Å². The maximum atomic E-state index is 4.95. The Morgan fingerprint density at radius 3 is 1.80 bits per heavy atom. The Hall–Kier alpha value is -0.0100. The zero-order valence-corrected chi connectivity index (χ0v) is 4.42. The fourth-order valence-corrected chi connectivity index (χ4v) is 0. The Morgan fingerprint density at radius 1 is 1.60 bits per heavy atom. The van der Waals surface area contributed by atoms with Crippen LogP contribution in [0.1, 0.15) is 0 Å². The molecule has 0 saturated heterocycles. The molecule has 0 aromatic carbocycles. The minimum absolute atomic E-state index is 0.0705. The predicted molar refractivity (Wildman–Crippen MR) is 27.6 cm³/mol. The van der Waals surface area contributed by atoms with E-state index in [9.17, 15) is 0 Å². The van der Waals surface area contributed by atoms with Crippen molar-refractivity contribution in [1.82, 2.24) is 0 Å². The van der Waals surface area contributed by atoms with E-state index in [2.05, 4.69) is 19.0 Å². The predicted octanol–water partition coefficient (Wildman–Crippen LogP) is 1.32. The van der Waals surface area contributed by atoms with Crippen molar-refractivity contribution in [2.45, 2.75) is 0 Å². The van der Waals surface area contributed by atoms with E-state index in [4.69, 9.17) is 6.42 Å². The van der Waals surface area contributed by atoms with Crippen molar-refractivity contribution >= 4 is 7.92 Å². The van der Waals surface area contributed by atoms with Gasteiger partial charge in [0.25, 0.3) is 0 Å². The highest BCUT2D eigenvalue weighted by Gasteiger charge is 1.72. The van der Waals surface area contributed by atoms with E-state index < -0.39 is 0 Å². The van der Waals surface area contributed by atoms with Gasteiger partial charge in [-0.3, -0.25) is 0 Å². The van der Waals surface area contributed by atoms with E-state index >= 15 is 0 Å². The molecule has 0 saturated carbocycles. The van der Waals surface area contributed by atoms with Crippen molar-refractivity contribution in [1.29, 1.82) is 0 Å². The number of hydrogen-bond acceptors (Lipinski definition) is 0. The number of rotatable bonds is 0. The minimum Gasteiger partial charge on any atom is -0.115 e. The normalized spacial score (nSPS) is 7.60. The lowest BCUT2D eigenvalue weighted by Crippen LogP contribution is -1.49. The largest absolute Gasteiger partial charge is 0.115 e. The highest BCUT2D eigenvalue weighted by atomic mass is 31.1. The van der Waals surface area contributed by atoms with Crippen molar-refractivity contribution in [2.75, 3.05) is 13.3 Å². The van der Waals surface area contributed by atoms with Crippen molar-refractivity contribution in [3.05, 3.63) is 0 Å². The second-order valence-corrected chi connectivity index (χ2v) is 3.07. The monoisotopic (exact) mass is 86.0 g/mol. The van der Waals surface area contributed by atoms with Gasteiger partial charge in [-0.1, -0.05) is 5.66 Å². The van der Waals surface area contributed by atoms with Gasteiger partial charge < -0.3 is 0 Å². The summed E-state index contributed by atoms with van der Waals surface area (Å²) < 4.78 is 0. The third-order valence-corrected chi connectivity index (χ3v) is 0.775. The van der Waals surface area contributed by atoms with Crippen LogP contribution in [0.5, 0.6) is 0 Å². The van der Waals surface area contributed by atoms with Crippen LogP contribution in [0.25, 0.3) is 0 Å². The Kier molecular flexibility index (Phi) is 2.24. The summed E-state index contributed by atoms with van der Waals surface area (Å²) in [5.41, 5.74) is 2.59. The molecule has 0 spiro atoms. The van der Waals surface area contributed by atoms with Gasteiger partial charge in [-0.25, -0.2) is 0 Å². The smallest absolute Gasteiger partial charge is 0.0335 e. The molecule has 0 radical (unpaired) electrons. The molecule has 0 fully saturated rings. The molecular weight excluding hydrogens is 79.0 g/mol. The van der Waals surface area contributed by atoms with E-state index in [1.807, 2.05) is 0 Å². The van der Waals surface area contributed by atoms with Crippen LogP contribution < -0.4 is 0 Å². The van der Waals surface area contributed by atoms with Crippen molar-refractivity contribution in [3.63, 3.8) is 0 Å². The summed E-state index contributed by atoms with van der Waals surface area (Å²) in [6.45, 7) is 4.10. The zero-order chi connectivity index (χ0) is 4.28. The molecule has 0 aliphatic carbocycles. The van der Waals surface area contributed by atoms with Crippen LogP contribution in [0, 0.1) is 12.1 Å². The van der Waals surface area contributed by atoms with E-state index in [1.165, 1.54) is 0 Å². The minimum atomic E-state index is -0.0705. The molecular formula is C4H7P. The summed E-state index contributed by atoms with van der Waals surface area (Å²) in [4.78, 5) is 0.